The summed E-state index contributed by atoms with van der Waals surface area (Å²) >= 11 is 0. The van der Waals surface area contributed by atoms with Crippen molar-refractivity contribution >= 4 is 16.9 Å². The Labute approximate surface area is 100 Å². The van der Waals surface area contributed by atoms with Crippen LogP contribution in [0, 0.1) is 0 Å². The zero-order chi connectivity index (χ0) is 12.3. The van der Waals surface area contributed by atoms with Gasteiger partial charge in [0, 0.05) is 25.1 Å². The number of esters is 1. The van der Waals surface area contributed by atoms with Crippen LogP contribution in [0.3, 0.4) is 0 Å². The summed E-state index contributed by atoms with van der Waals surface area (Å²) in [6, 6.07) is 5.97. The lowest BCUT2D eigenvalue weighted by molar-refractivity contribution is -0.143. The van der Waals surface area contributed by atoms with E-state index in [1.54, 1.807) is 4.68 Å². The molecule has 2 aromatic rings. The molecule has 4 nitrogen and oxygen atoms in total. The standard InChI is InChI=1S/C13H16N2O2/c1-3-17-13(16)8-7-10-5-4-6-12-11(10)9-15(2)14-12/h4-6,9H,3,7-8H2,1-2H3. The fourth-order valence-electron chi connectivity index (χ4n) is 1.91. The predicted octanol–water partition coefficient (Wildman–Crippen LogP) is 2.07. The van der Waals surface area contributed by atoms with Crippen LogP contribution >= 0.6 is 0 Å². The van der Waals surface area contributed by atoms with E-state index in [0.29, 0.717) is 19.4 Å². The summed E-state index contributed by atoms with van der Waals surface area (Å²) in [5.41, 5.74) is 2.11. The Hall–Kier alpha value is -1.84. The molecular weight excluding hydrogens is 216 g/mol. The van der Waals surface area contributed by atoms with Gasteiger partial charge < -0.3 is 4.74 Å². The summed E-state index contributed by atoms with van der Waals surface area (Å²) in [5.74, 6) is -0.145. The highest BCUT2D eigenvalue weighted by Crippen LogP contribution is 2.18. The molecule has 90 valence electrons. The fraction of sp³-hybridized carbons (Fsp3) is 0.385. The maximum atomic E-state index is 11.3. The molecule has 17 heavy (non-hydrogen) atoms. The lowest BCUT2D eigenvalue weighted by Crippen LogP contribution is -2.05. The third-order valence-corrected chi connectivity index (χ3v) is 2.66. The molecule has 0 amide bonds. The van der Waals surface area contributed by atoms with E-state index in [2.05, 4.69) is 5.10 Å². The van der Waals surface area contributed by atoms with Crippen molar-refractivity contribution in [2.75, 3.05) is 6.61 Å². The number of hydrogen-bond donors (Lipinski definition) is 0. The Balaban J connectivity index is 2.15. The second-order valence-corrected chi connectivity index (χ2v) is 3.96. The highest BCUT2D eigenvalue weighted by molar-refractivity contribution is 5.82. The lowest BCUT2D eigenvalue weighted by atomic mass is 10.1. The van der Waals surface area contributed by atoms with Crippen molar-refractivity contribution in [2.45, 2.75) is 19.8 Å². The first-order valence-corrected chi connectivity index (χ1v) is 5.77. The molecule has 2 rings (SSSR count). The van der Waals surface area contributed by atoms with Gasteiger partial charge in [-0.25, -0.2) is 0 Å². The van der Waals surface area contributed by atoms with Gasteiger partial charge in [0.1, 0.15) is 0 Å². The van der Waals surface area contributed by atoms with Gasteiger partial charge in [-0.05, 0) is 25.0 Å². The van der Waals surface area contributed by atoms with Gasteiger partial charge in [-0.1, -0.05) is 12.1 Å². The number of aromatic nitrogens is 2. The number of carbonyl (C=O) groups is 1. The zero-order valence-electron chi connectivity index (χ0n) is 10.1. The third-order valence-electron chi connectivity index (χ3n) is 2.66. The minimum absolute atomic E-state index is 0.145. The molecule has 0 atom stereocenters. The zero-order valence-corrected chi connectivity index (χ0v) is 10.1. The number of aryl methyl sites for hydroxylation is 2. The van der Waals surface area contributed by atoms with Crippen LogP contribution in [-0.2, 0) is 23.0 Å². The maximum Gasteiger partial charge on any atom is 0.306 e. The van der Waals surface area contributed by atoms with Crippen LogP contribution in [-0.4, -0.2) is 22.4 Å². The summed E-state index contributed by atoms with van der Waals surface area (Å²) < 4.78 is 6.71. The van der Waals surface area contributed by atoms with Gasteiger partial charge in [0.25, 0.3) is 0 Å². The number of carbonyl (C=O) groups excluding carboxylic acids is 1. The summed E-state index contributed by atoms with van der Waals surface area (Å²) in [7, 11) is 1.90. The number of fused-ring (bicyclic) bond motifs is 1. The highest BCUT2D eigenvalue weighted by Gasteiger charge is 2.07. The molecular formula is C13H16N2O2. The van der Waals surface area contributed by atoms with Crippen LogP contribution in [0.4, 0.5) is 0 Å². The molecule has 0 unspecified atom stereocenters. The maximum absolute atomic E-state index is 11.3. The third kappa shape index (κ3) is 2.64. The molecule has 1 aromatic carbocycles. The Morgan fingerprint density at radius 3 is 3.06 bits per heavy atom. The molecule has 0 aliphatic rings. The van der Waals surface area contributed by atoms with Gasteiger partial charge in [-0.2, -0.15) is 5.10 Å². The van der Waals surface area contributed by atoms with Crippen molar-refractivity contribution in [2.24, 2.45) is 7.05 Å². The second-order valence-electron chi connectivity index (χ2n) is 3.96. The summed E-state index contributed by atoms with van der Waals surface area (Å²) in [6.07, 6.45) is 3.10. The quantitative estimate of drug-likeness (QED) is 0.758. The smallest absolute Gasteiger partial charge is 0.306 e. The Morgan fingerprint density at radius 1 is 1.47 bits per heavy atom. The average molecular weight is 232 g/mol. The first kappa shape index (κ1) is 11.6. The first-order valence-electron chi connectivity index (χ1n) is 5.77. The Kier molecular flexibility index (Phi) is 3.42. The Bertz CT molecular complexity index is 531. The van der Waals surface area contributed by atoms with E-state index in [1.165, 1.54) is 0 Å². The Morgan fingerprint density at radius 2 is 2.29 bits per heavy atom. The summed E-state index contributed by atoms with van der Waals surface area (Å²) in [6.45, 7) is 2.26. The number of hydrogen-bond acceptors (Lipinski definition) is 3. The van der Waals surface area contributed by atoms with Crippen molar-refractivity contribution in [3.8, 4) is 0 Å². The van der Waals surface area contributed by atoms with E-state index in [4.69, 9.17) is 4.74 Å². The largest absolute Gasteiger partial charge is 0.466 e. The van der Waals surface area contributed by atoms with E-state index < -0.39 is 0 Å². The van der Waals surface area contributed by atoms with Crippen molar-refractivity contribution in [1.82, 2.24) is 9.78 Å². The lowest BCUT2D eigenvalue weighted by Gasteiger charge is -2.03. The molecule has 0 saturated heterocycles. The number of benzene rings is 1. The molecule has 0 spiro atoms. The van der Waals surface area contributed by atoms with Crippen LogP contribution in [0.2, 0.25) is 0 Å². The molecule has 0 N–H and O–H groups in total. The monoisotopic (exact) mass is 232 g/mol. The van der Waals surface area contributed by atoms with E-state index in [9.17, 15) is 4.79 Å². The molecule has 0 fully saturated rings. The van der Waals surface area contributed by atoms with Crippen molar-refractivity contribution < 1.29 is 9.53 Å². The van der Waals surface area contributed by atoms with Crippen molar-refractivity contribution in [3.63, 3.8) is 0 Å². The second kappa shape index (κ2) is 4.99. The van der Waals surface area contributed by atoms with Crippen molar-refractivity contribution in [3.05, 3.63) is 30.0 Å². The predicted molar refractivity (Wildman–Crippen MR) is 65.7 cm³/mol. The topological polar surface area (TPSA) is 44.1 Å². The summed E-state index contributed by atoms with van der Waals surface area (Å²) in [4.78, 5) is 11.3. The van der Waals surface area contributed by atoms with Crippen LogP contribution < -0.4 is 0 Å². The van der Waals surface area contributed by atoms with Gasteiger partial charge in [0.05, 0.1) is 12.1 Å². The van der Waals surface area contributed by atoms with Gasteiger partial charge in [-0.3, -0.25) is 9.48 Å². The van der Waals surface area contributed by atoms with Gasteiger partial charge in [-0.15, -0.1) is 0 Å². The summed E-state index contributed by atoms with van der Waals surface area (Å²) in [5, 5.41) is 5.45. The van der Waals surface area contributed by atoms with Crippen LogP contribution in [0.5, 0.6) is 0 Å². The van der Waals surface area contributed by atoms with E-state index in [0.717, 1.165) is 16.5 Å². The molecule has 0 aliphatic carbocycles. The van der Waals surface area contributed by atoms with Crippen molar-refractivity contribution in [1.29, 1.82) is 0 Å². The van der Waals surface area contributed by atoms with Crippen LogP contribution in [0.25, 0.3) is 10.9 Å². The first-order chi connectivity index (χ1) is 8.20. The van der Waals surface area contributed by atoms with E-state index in [-0.39, 0.29) is 5.97 Å². The molecule has 4 heteroatoms. The van der Waals surface area contributed by atoms with Gasteiger partial charge in [0.15, 0.2) is 0 Å². The number of nitrogens with zero attached hydrogens (tertiary/aromatic N) is 2. The van der Waals surface area contributed by atoms with E-state index >= 15 is 0 Å². The van der Waals surface area contributed by atoms with Crippen LogP contribution in [0.15, 0.2) is 24.4 Å². The highest BCUT2D eigenvalue weighted by atomic mass is 16.5. The average Bonchev–Trinajstić information content (AvgIpc) is 2.67. The molecule has 0 aliphatic heterocycles. The minimum Gasteiger partial charge on any atom is -0.466 e. The molecule has 0 radical (unpaired) electrons. The van der Waals surface area contributed by atoms with Gasteiger partial charge in [0.2, 0.25) is 0 Å². The number of rotatable bonds is 4. The molecule has 0 saturated carbocycles. The SMILES string of the molecule is CCOC(=O)CCc1cccc2nn(C)cc12. The van der Waals surface area contributed by atoms with Crippen LogP contribution in [0.1, 0.15) is 18.9 Å². The molecule has 1 aromatic heterocycles. The fourth-order valence-corrected chi connectivity index (χ4v) is 1.91. The van der Waals surface area contributed by atoms with E-state index in [1.807, 2.05) is 38.4 Å². The molecule has 0 bridgehead atoms. The normalized spacial score (nSPS) is 10.7. The van der Waals surface area contributed by atoms with Gasteiger partial charge >= 0.3 is 5.97 Å². The minimum atomic E-state index is -0.145. The molecule has 1 heterocycles. The number of ether oxygens (including phenoxy) is 1.